The van der Waals surface area contributed by atoms with Crippen molar-refractivity contribution in [1.82, 2.24) is 10.2 Å². The number of benzene rings is 2. The monoisotopic (exact) mass is 370 g/mol. The van der Waals surface area contributed by atoms with Crippen LogP contribution in [0.1, 0.15) is 33.5 Å². The summed E-state index contributed by atoms with van der Waals surface area (Å²) in [7, 11) is 5.51. The zero-order valence-corrected chi connectivity index (χ0v) is 16.1. The van der Waals surface area contributed by atoms with Gasteiger partial charge in [-0.05, 0) is 55.8 Å². The van der Waals surface area contributed by atoms with Crippen LogP contribution in [0.25, 0.3) is 0 Å². The topological polar surface area (TPSA) is 52.6 Å². The van der Waals surface area contributed by atoms with Crippen LogP contribution in [0.4, 0.5) is 4.39 Å². The summed E-state index contributed by atoms with van der Waals surface area (Å²) >= 11 is 0. The molecule has 5 heteroatoms. The highest BCUT2D eigenvalue weighted by atomic mass is 19.1. The molecule has 1 amide bonds. The summed E-state index contributed by atoms with van der Waals surface area (Å²) in [5.41, 5.74) is 1.87. The molecule has 2 aromatic rings. The van der Waals surface area contributed by atoms with Crippen LogP contribution in [0.2, 0.25) is 0 Å². The van der Waals surface area contributed by atoms with E-state index in [4.69, 9.17) is 0 Å². The zero-order valence-electron chi connectivity index (χ0n) is 16.1. The molecular formula is C22H27FN2O2. The summed E-state index contributed by atoms with van der Waals surface area (Å²) in [5, 5.41) is 14.4. The minimum absolute atomic E-state index is 0.0185. The van der Waals surface area contributed by atoms with Gasteiger partial charge >= 0.3 is 0 Å². The second kappa shape index (κ2) is 7.79. The van der Waals surface area contributed by atoms with E-state index >= 15 is 0 Å². The summed E-state index contributed by atoms with van der Waals surface area (Å²) in [6.45, 7) is 0.737. The third kappa shape index (κ3) is 3.89. The van der Waals surface area contributed by atoms with E-state index in [1.54, 1.807) is 6.07 Å². The fourth-order valence-corrected chi connectivity index (χ4v) is 4.21. The number of nitrogens with one attached hydrogen (secondary N) is 1. The quantitative estimate of drug-likeness (QED) is 0.851. The Labute approximate surface area is 160 Å². The molecule has 27 heavy (non-hydrogen) atoms. The Balaban J connectivity index is 2.08. The van der Waals surface area contributed by atoms with E-state index < -0.39 is 11.4 Å². The smallest absolute Gasteiger partial charge is 0.251 e. The lowest BCUT2D eigenvalue weighted by Gasteiger charge is -2.43. The lowest BCUT2D eigenvalue weighted by molar-refractivity contribution is -0.0435. The molecule has 3 rings (SSSR count). The predicted molar refractivity (Wildman–Crippen MR) is 104 cm³/mol. The zero-order chi connectivity index (χ0) is 19.6. The maximum atomic E-state index is 13.8. The van der Waals surface area contributed by atoms with Gasteiger partial charge in [-0.3, -0.25) is 4.79 Å². The maximum absolute atomic E-state index is 13.8. The largest absolute Gasteiger partial charge is 0.384 e. The van der Waals surface area contributed by atoms with Gasteiger partial charge in [-0.15, -0.1) is 0 Å². The molecule has 1 aliphatic carbocycles. The summed E-state index contributed by atoms with van der Waals surface area (Å²) in [4.78, 5) is 14.3. The molecule has 2 aromatic carbocycles. The lowest BCUT2D eigenvalue weighted by Crippen LogP contribution is -2.46. The molecule has 4 nitrogen and oxygen atoms in total. The van der Waals surface area contributed by atoms with Crippen molar-refractivity contribution in [3.63, 3.8) is 0 Å². The number of carbonyl (C=O) groups excluding carboxylic acids is 1. The van der Waals surface area contributed by atoms with Gasteiger partial charge in [0.1, 0.15) is 5.82 Å². The first-order chi connectivity index (χ1) is 12.8. The third-order valence-corrected chi connectivity index (χ3v) is 5.51. The Kier molecular flexibility index (Phi) is 5.63. The molecule has 0 heterocycles. The van der Waals surface area contributed by atoms with Crippen molar-refractivity contribution in [2.45, 2.75) is 24.9 Å². The van der Waals surface area contributed by atoms with Crippen LogP contribution in [0, 0.1) is 11.7 Å². The second-order valence-corrected chi connectivity index (χ2v) is 7.64. The lowest BCUT2D eigenvalue weighted by atomic mass is 9.68. The van der Waals surface area contributed by atoms with E-state index in [1.165, 1.54) is 19.2 Å². The molecule has 0 radical (unpaired) electrons. The minimum atomic E-state index is -1.11. The van der Waals surface area contributed by atoms with Gasteiger partial charge in [0, 0.05) is 31.5 Å². The van der Waals surface area contributed by atoms with Crippen LogP contribution in [0.5, 0.6) is 0 Å². The van der Waals surface area contributed by atoms with Gasteiger partial charge in [0.2, 0.25) is 0 Å². The SMILES string of the molecule is CNC(=O)c1cc(F)ccc1CC1(O)c2ccccc2CCC1CN(C)C. The van der Waals surface area contributed by atoms with Gasteiger partial charge in [0.15, 0.2) is 0 Å². The first-order valence-electron chi connectivity index (χ1n) is 9.31. The number of aryl methyl sites for hydroxylation is 1. The van der Waals surface area contributed by atoms with Crippen molar-refractivity contribution in [3.05, 3.63) is 70.5 Å². The van der Waals surface area contributed by atoms with Crippen molar-refractivity contribution in [2.75, 3.05) is 27.7 Å². The van der Waals surface area contributed by atoms with E-state index in [0.29, 0.717) is 5.56 Å². The first-order valence-corrected chi connectivity index (χ1v) is 9.31. The van der Waals surface area contributed by atoms with Crippen molar-refractivity contribution in [1.29, 1.82) is 0 Å². The molecule has 0 fully saturated rings. The van der Waals surface area contributed by atoms with Gasteiger partial charge in [-0.25, -0.2) is 4.39 Å². The summed E-state index contributed by atoms with van der Waals surface area (Å²) < 4.78 is 13.8. The standard InChI is InChI=1S/C22H27FN2O2/c1-24-21(26)19-12-18(23)11-9-16(19)13-22(27)17(14-25(2)3)10-8-15-6-4-5-7-20(15)22/h4-7,9,11-12,17,27H,8,10,13-14H2,1-3H3,(H,24,26). The molecule has 2 unspecified atom stereocenters. The predicted octanol–water partition coefficient (Wildman–Crippen LogP) is 2.74. The van der Waals surface area contributed by atoms with E-state index in [0.717, 1.165) is 30.5 Å². The Bertz CT molecular complexity index is 837. The van der Waals surface area contributed by atoms with Crippen molar-refractivity contribution < 1.29 is 14.3 Å². The number of aliphatic hydroxyl groups is 1. The molecule has 144 valence electrons. The third-order valence-electron chi connectivity index (χ3n) is 5.51. The highest BCUT2D eigenvalue weighted by molar-refractivity contribution is 5.95. The second-order valence-electron chi connectivity index (χ2n) is 7.64. The fraction of sp³-hybridized carbons (Fsp3) is 0.409. The van der Waals surface area contributed by atoms with E-state index in [-0.39, 0.29) is 23.8 Å². The van der Waals surface area contributed by atoms with Crippen LogP contribution in [0.3, 0.4) is 0 Å². The Hall–Kier alpha value is -2.24. The number of fused-ring (bicyclic) bond motifs is 1. The van der Waals surface area contributed by atoms with Gasteiger partial charge in [-0.1, -0.05) is 30.3 Å². The van der Waals surface area contributed by atoms with Crippen LogP contribution in [-0.4, -0.2) is 43.6 Å². The summed E-state index contributed by atoms with van der Waals surface area (Å²) in [6, 6.07) is 12.2. The van der Waals surface area contributed by atoms with Gasteiger partial charge in [0.05, 0.1) is 5.60 Å². The molecule has 0 aromatic heterocycles. The van der Waals surface area contributed by atoms with Crippen molar-refractivity contribution >= 4 is 5.91 Å². The average Bonchev–Trinajstić information content (AvgIpc) is 2.65. The molecule has 0 aliphatic heterocycles. The van der Waals surface area contributed by atoms with E-state index in [2.05, 4.69) is 16.3 Å². The average molecular weight is 370 g/mol. The molecule has 2 N–H and O–H groups in total. The number of hydrogen-bond donors (Lipinski definition) is 2. The molecule has 2 atom stereocenters. The molecule has 0 spiro atoms. The molecule has 1 aliphatic rings. The molecular weight excluding hydrogens is 343 g/mol. The Morgan fingerprint density at radius 1 is 1.30 bits per heavy atom. The highest BCUT2D eigenvalue weighted by Crippen LogP contribution is 2.42. The maximum Gasteiger partial charge on any atom is 0.251 e. The van der Waals surface area contributed by atoms with Gasteiger partial charge < -0.3 is 15.3 Å². The van der Waals surface area contributed by atoms with E-state index in [9.17, 15) is 14.3 Å². The van der Waals surface area contributed by atoms with Crippen LogP contribution in [0.15, 0.2) is 42.5 Å². The molecule has 0 saturated carbocycles. The van der Waals surface area contributed by atoms with Gasteiger partial charge in [0.25, 0.3) is 5.91 Å². The Morgan fingerprint density at radius 2 is 2.04 bits per heavy atom. The summed E-state index contributed by atoms with van der Waals surface area (Å²) in [5.74, 6) is -0.787. The number of nitrogens with zero attached hydrogens (tertiary/aromatic N) is 1. The Morgan fingerprint density at radius 3 is 2.74 bits per heavy atom. The minimum Gasteiger partial charge on any atom is -0.384 e. The molecule has 0 saturated heterocycles. The van der Waals surface area contributed by atoms with Crippen LogP contribution < -0.4 is 5.32 Å². The first kappa shape index (κ1) is 19.5. The van der Waals surface area contributed by atoms with Crippen LogP contribution in [-0.2, 0) is 18.4 Å². The fourth-order valence-electron chi connectivity index (χ4n) is 4.21. The van der Waals surface area contributed by atoms with Crippen LogP contribution >= 0.6 is 0 Å². The van der Waals surface area contributed by atoms with Crippen molar-refractivity contribution in [3.8, 4) is 0 Å². The number of hydrogen-bond acceptors (Lipinski definition) is 3. The van der Waals surface area contributed by atoms with Crippen molar-refractivity contribution in [2.24, 2.45) is 5.92 Å². The summed E-state index contributed by atoms with van der Waals surface area (Å²) in [6.07, 6.45) is 2.05. The number of amides is 1. The number of carbonyl (C=O) groups is 1. The highest BCUT2D eigenvalue weighted by Gasteiger charge is 2.43. The number of rotatable bonds is 5. The van der Waals surface area contributed by atoms with Gasteiger partial charge in [-0.2, -0.15) is 0 Å². The normalized spacial score (nSPS) is 21.8. The van der Waals surface area contributed by atoms with E-state index in [1.807, 2.05) is 32.3 Å². The number of halogens is 1. The molecule has 0 bridgehead atoms.